The van der Waals surface area contributed by atoms with Crippen molar-refractivity contribution in [3.05, 3.63) is 35.8 Å². The Morgan fingerprint density at radius 2 is 2.25 bits per heavy atom. The van der Waals surface area contributed by atoms with Crippen molar-refractivity contribution < 1.29 is 18.7 Å². The topological polar surface area (TPSA) is 50.4 Å². The van der Waals surface area contributed by atoms with Gasteiger partial charge in [0.2, 0.25) is 0 Å². The van der Waals surface area contributed by atoms with Crippen molar-refractivity contribution in [2.24, 2.45) is 0 Å². The fraction of sp³-hybridized carbons (Fsp3) is 0.250. The van der Waals surface area contributed by atoms with E-state index in [1.165, 1.54) is 18.4 Å². The van der Waals surface area contributed by atoms with Crippen LogP contribution in [-0.2, 0) is 11.2 Å². The molecule has 0 amide bonds. The number of hydrogen-bond acceptors (Lipinski definition) is 2. The number of aryl methyl sites for hydroxylation is 1. The lowest BCUT2D eigenvalue weighted by molar-refractivity contribution is -0.137. The fourth-order valence-electron chi connectivity index (χ4n) is 1.73. The standard InChI is InChI=1S/C12H11FO3/c13-10-6-8(2-1-3-11(14)15)12-9(7-10)4-5-16-12/h4-7H,1-3H2,(H,14,15). The van der Waals surface area contributed by atoms with Crippen LogP contribution in [0.5, 0.6) is 0 Å². The van der Waals surface area contributed by atoms with Crippen LogP contribution in [0.2, 0.25) is 0 Å². The Morgan fingerprint density at radius 1 is 1.44 bits per heavy atom. The molecule has 2 aromatic rings. The van der Waals surface area contributed by atoms with Crippen LogP contribution in [0.25, 0.3) is 11.0 Å². The fourth-order valence-corrected chi connectivity index (χ4v) is 1.73. The number of furan rings is 1. The van der Waals surface area contributed by atoms with Crippen molar-refractivity contribution in [1.82, 2.24) is 0 Å². The summed E-state index contributed by atoms with van der Waals surface area (Å²) in [6.45, 7) is 0. The Hall–Kier alpha value is -1.84. The Bertz CT molecular complexity index is 516. The molecule has 0 aliphatic carbocycles. The highest BCUT2D eigenvalue weighted by molar-refractivity contribution is 5.80. The third kappa shape index (κ3) is 2.21. The van der Waals surface area contributed by atoms with Gasteiger partial charge < -0.3 is 9.52 Å². The molecule has 0 fully saturated rings. The summed E-state index contributed by atoms with van der Waals surface area (Å²) in [4.78, 5) is 10.4. The molecular formula is C12H11FO3. The van der Waals surface area contributed by atoms with E-state index in [2.05, 4.69) is 0 Å². The molecule has 0 saturated carbocycles. The van der Waals surface area contributed by atoms with E-state index in [0.717, 1.165) is 5.56 Å². The van der Waals surface area contributed by atoms with Gasteiger partial charge in [0.1, 0.15) is 11.4 Å². The van der Waals surface area contributed by atoms with Crippen molar-refractivity contribution in [3.63, 3.8) is 0 Å². The molecule has 0 aliphatic heterocycles. The van der Waals surface area contributed by atoms with Crippen LogP contribution >= 0.6 is 0 Å². The van der Waals surface area contributed by atoms with E-state index in [1.807, 2.05) is 0 Å². The minimum atomic E-state index is -0.841. The lowest BCUT2D eigenvalue weighted by Crippen LogP contribution is -1.96. The molecule has 1 N–H and O–H groups in total. The lowest BCUT2D eigenvalue weighted by atomic mass is 10.1. The van der Waals surface area contributed by atoms with Crippen LogP contribution < -0.4 is 0 Å². The van der Waals surface area contributed by atoms with E-state index in [4.69, 9.17) is 9.52 Å². The molecule has 1 aromatic heterocycles. The zero-order valence-corrected chi connectivity index (χ0v) is 8.57. The van der Waals surface area contributed by atoms with Gasteiger partial charge in [0, 0.05) is 11.8 Å². The maximum absolute atomic E-state index is 13.2. The van der Waals surface area contributed by atoms with Crippen LogP contribution in [0.15, 0.2) is 28.9 Å². The van der Waals surface area contributed by atoms with Gasteiger partial charge >= 0.3 is 5.97 Å². The van der Waals surface area contributed by atoms with Crippen LogP contribution in [0.3, 0.4) is 0 Å². The van der Waals surface area contributed by atoms with Crippen LogP contribution in [0.1, 0.15) is 18.4 Å². The van der Waals surface area contributed by atoms with Gasteiger partial charge in [0.15, 0.2) is 0 Å². The summed E-state index contributed by atoms with van der Waals surface area (Å²) in [7, 11) is 0. The van der Waals surface area contributed by atoms with Crippen molar-refractivity contribution in [3.8, 4) is 0 Å². The quantitative estimate of drug-likeness (QED) is 0.865. The van der Waals surface area contributed by atoms with Gasteiger partial charge in [-0.25, -0.2) is 4.39 Å². The van der Waals surface area contributed by atoms with Crippen molar-refractivity contribution in [2.75, 3.05) is 0 Å². The average molecular weight is 222 g/mol. The smallest absolute Gasteiger partial charge is 0.303 e. The highest BCUT2D eigenvalue weighted by Crippen LogP contribution is 2.23. The first-order valence-electron chi connectivity index (χ1n) is 5.04. The summed E-state index contributed by atoms with van der Waals surface area (Å²) in [6.07, 6.45) is 2.58. The summed E-state index contributed by atoms with van der Waals surface area (Å²) >= 11 is 0. The minimum Gasteiger partial charge on any atom is -0.481 e. The van der Waals surface area contributed by atoms with E-state index < -0.39 is 5.97 Å². The molecule has 84 valence electrons. The SMILES string of the molecule is O=C(O)CCCc1cc(F)cc2ccoc12. The first kappa shape index (κ1) is 10.7. The second-order valence-electron chi connectivity index (χ2n) is 3.65. The number of benzene rings is 1. The molecule has 2 rings (SSSR count). The lowest BCUT2D eigenvalue weighted by Gasteiger charge is -2.01. The molecule has 0 aliphatic rings. The molecule has 0 bridgehead atoms. The first-order chi connectivity index (χ1) is 7.66. The van der Waals surface area contributed by atoms with Gasteiger partial charge in [0.25, 0.3) is 0 Å². The number of halogens is 1. The average Bonchev–Trinajstić information content (AvgIpc) is 2.64. The summed E-state index contributed by atoms with van der Waals surface area (Å²) in [5, 5.41) is 9.24. The summed E-state index contributed by atoms with van der Waals surface area (Å²) < 4.78 is 18.4. The van der Waals surface area contributed by atoms with Gasteiger partial charge in [-0.15, -0.1) is 0 Å². The molecular weight excluding hydrogens is 211 g/mol. The van der Waals surface area contributed by atoms with Gasteiger partial charge in [-0.2, -0.15) is 0 Å². The van der Waals surface area contributed by atoms with Crippen molar-refractivity contribution in [2.45, 2.75) is 19.3 Å². The second kappa shape index (κ2) is 4.35. The number of fused-ring (bicyclic) bond motifs is 1. The molecule has 1 heterocycles. The van der Waals surface area contributed by atoms with Crippen LogP contribution in [-0.4, -0.2) is 11.1 Å². The van der Waals surface area contributed by atoms with Crippen molar-refractivity contribution >= 4 is 16.9 Å². The normalized spacial score (nSPS) is 10.8. The van der Waals surface area contributed by atoms with Gasteiger partial charge in [-0.05, 0) is 36.6 Å². The zero-order chi connectivity index (χ0) is 11.5. The third-order valence-corrected chi connectivity index (χ3v) is 2.43. The van der Waals surface area contributed by atoms with E-state index >= 15 is 0 Å². The van der Waals surface area contributed by atoms with E-state index in [9.17, 15) is 9.18 Å². The summed E-state index contributed by atoms with van der Waals surface area (Å²) in [5.41, 5.74) is 1.37. The number of carboxylic acids is 1. The Kier molecular flexibility index (Phi) is 2.90. The number of carbonyl (C=O) groups is 1. The van der Waals surface area contributed by atoms with E-state index in [-0.39, 0.29) is 12.2 Å². The van der Waals surface area contributed by atoms with Crippen LogP contribution in [0, 0.1) is 5.82 Å². The zero-order valence-electron chi connectivity index (χ0n) is 8.57. The Labute approximate surface area is 91.5 Å². The maximum Gasteiger partial charge on any atom is 0.303 e. The molecule has 0 radical (unpaired) electrons. The molecule has 1 aromatic carbocycles. The minimum absolute atomic E-state index is 0.0821. The number of aliphatic carboxylic acids is 1. The van der Waals surface area contributed by atoms with E-state index in [0.29, 0.717) is 23.8 Å². The molecule has 0 saturated heterocycles. The van der Waals surface area contributed by atoms with Crippen LogP contribution in [0.4, 0.5) is 4.39 Å². The molecule has 0 spiro atoms. The number of hydrogen-bond donors (Lipinski definition) is 1. The van der Waals surface area contributed by atoms with Gasteiger partial charge in [-0.3, -0.25) is 4.79 Å². The maximum atomic E-state index is 13.2. The summed E-state index contributed by atoms with van der Waals surface area (Å²) in [6, 6.07) is 4.49. The first-order valence-corrected chi connectivity index (χ1v) is 5.04. The van der Waals surface area contributed by atoms with Crippen molar-refractivity contribution in [1.29, 1.82) is 0 Å². The second-order valence-corrected chi connectivity index (χ2v) is 3.65. The predicted octanol–water partition coefficient (Wildman–Crippen LogP) is 2.98. The number of rotatable bonds is 4. The summed E-state index contributed by atoms with van der Waals surface area (Å²) in [5.74, 6) is -1.16. The third-order valence-electron chi connectivity index (χ3n) is 2.43. The van der Waals surface area contributed by atoms with Gasteiger partial charge in [-0.1, -0.05) is 0 Å². The van der Waals surface area contributed by atoms with Gasteiger partial charge in [0.05, 0.1) is 6.26 Å². The molecule has 3 nitrogen and oxygen atoms in total. The molecule has 0 unspecified atom stereocenters. The monoisotopic (exact) mass is 222 g/mol. The molecule has 4 heteroatoms. The Morgan fingerprint density at radius 3 is 3.00 bits per heavy atom. The Balaban J connectivity index is 2.22. The highest BCUT2D eigenvalue weighted by atomic mass is 19.1. The molecule has 16 heavy (non-hydrogen) atoms. The highest BCUT2D eigenvalue weighted by Gasteiger charge is 2.08. The number of carboxylic acid groups (broad SMARTS) is 1. The van der Waals surface area contributed by atoms with E-state index in [1.54, 1.807) is 6.07 Å². The largest absolute Gasteiger partial charge is 0.481 e. The predicted molar refractivity (Wildman–Crippen MR) is 56.7 cm³/mol. The molecule has 0 atom stereocenters.